The van der Waals surface area contributed by atoms with Gasteiger partial charge in [0.25, 0.3) is 0 Å². The number of esters is 2. The molecule has 1 fully saturated rings. The molecule has 8 nitrogen and oxygen atoms in total. The molecule has 3 rings (SSSR count). The summed E-state index contributed by atoms with van der Waals surface area (Å²) in [5, 5.41) is -1.53. The minimum absolute atomic E-state index is 0.00959. The summed E-state index contributed by atoms with van der Waals surface area (Å²) in [5.74, 6) is -7.04. The first-order chi connectivity index (χ1) is 13.8. The van der Waals surface area contributed by atoms with Crippen molar-refractivity contribution >= 4 is 40.6 Å². The Balaban J connectivity index is 2.04. The molecule has 0 N–H and O–H groups in total. The van der Waals surface area contributed by atoms with E-state index in [-0.39, 0.29) is 28.9 Å². The zero-order valence-electron chi connectivity index (χ0n) is 14.9. The fourth-order valence-electron chi connectivity index (χ4n) is 2.70. The van der Waals surface area contributed by atoms with Crippen LogP contribution >= 0.6 is 11.6 Å². The van der Waals surface area contributed by atoms with Gasteiger partial charge in [0.1, 0.15) is 0 Å². The van der Waals surface area contributed by atoms with Crippen molar-refractivity contribution in [3.05, 3.63) is 71.8 Å². The van der Waals surface area contributed by atoms with Gasteiger partial charge in [-0.2, -0.15) is 4.90 Å². The second kappa shape index (κ2) is 8.24. The van der Waals surface area contributed by atoms with Gasteiger partial charge in [0.15, 0.2) is 0 Å². The maximum atomic E-state index is 12.6. The molecule has 2 amide bonds. The van der Waals surface area contributed by atoms with E-state index in [0.29, 0.717) is 0 Å². The van der Waals surface area contributed by atoms with Gasteiger partial charge in [-0.3, -0.25) is 14.4 Å². The van der Waals surface area contributed by atoms with E-state index >= 15 is 0 Å². The minimum Gasteiger partial charge on any atom is -0.392 e. The third-order valence-corrected chi connectivity index (χ3v) is 4.31. The van der Waals surface area contributed by atoms with Gasteiger partial charge in [-0.1, -0.05) is 36.4 Å². The van der Waals surface area contributed by atoms with Crippen LogP contribution in [0.3, 0.4) is 0 Å². The number of rotatable bonds is 6. The van der Waals surface area contributed by atoms with Crippen LogP contribution in [0.1, 0.15) is 33.6 Å². The second-order valence-electron chi connectivity index (χ2n) is 5.99. The van der Waals surface area contributed by atoms with Gasteiger partial charge in [0.2, 0.25) is 11.8 Å². The molecule has 0 unspecified atom stereocenters. The number of hydrogen-bond acceptors (Lipinski definition) is 7. The molecule has 0 radical (unpaired) electrons. The highest BCUT2D eigenvalue weighted by Gasteiger charge is 2.59. The average molecular weight is 416 g/mol. The number of carbonyl (C=O) groups is 5. The van der Waals surface area contributed by atoms with Gasteiger partial charge in [0.05, 0.1) is 11.1 Å². The lowest BCUT2D eigenvalue weighted by atomic mass is 10.2. The molecular weight excluding hydrogens is 402 g/mol. The highest BCUT2D eigenvalue weighted by Crippen LogP contribution is 2.31. The highest BCUT2D eigenvalue weighted by atomic mass is 35.5. The zero-order chi connectivity index (χ0) is 21.0. The maximum Gasteiger partial charge on any atom is 0.431 e. The third-order valence-electron chi connectivity index (χ3n) is 4.08. The predicted molar refractivity (Wildman–Crippen MR) is 98.4 cm³/mol. The van der Waals surface area contributed by atoms with Crippen LogP contribution in [0.2, 0.25) is 0 Å². The van der Waals surface area contributed by atoms with Crippen LogP contribution in [-0.2, 0) is 23.9 Å². The molecule has 1 aliphatic rings. The number of amides is 2. The van der Waals surface area contributed by atoms with Gasteiger partial charge in [-0.25, -0.2) is 9.59 Å². The molecule has 29 heavy (non-hydrogen) atoms. The molecule has 1 heterocycles. The number of nitrogens with zero attached hydrogens (tertiary/aromatic N) is 1. The molecule has 0 saturated carbocycles. The van der Waals surface area contributed by atoms with Crippen LogP contribution in [0.15, 0.2) is 60.7 Å². The van der Waals surface area contributed by atoms with Gasteiger partial charge < -0.3 is 9.47 Å². The molecule has 0 atom stereocenters. The van der Waals surface area contributed by atoms with Gasteiger partial charge >= 0.3 is 23.1 Å². The Morgan fingerprint density at radius 1 is 0.759 bits per heavy atom. The van der Waals surface area contributed by atoms with Crippen LogP contribution in [0.25, 0.3) is 0 Å². The van der Waals surface area contributed by atoms with E-state index < -0.39 is 34.9 Å². The summed E-state index contributed by atoms with van der Waals surface area (Å²) in [7, 11) is 0. The molecule has 1 saturated heterocycles. The minimum atomic E-state index is -3.06. The van der Waals surface area contributed by atoms with Crippen molar-refractivity contribution < 1.29 is 33.4 Å². The largest absolute Gasteiger partial charge is 0.431 e. The van der Waals surface area contributed by atoms with Crippen LogP contribution in [-0.4, -0.2) is 39.8 Å². The lowest BCUT2D eigenvalue weighted by Gasteiger charge is -2.34. The summed E-state index contributed by atoms with van der Waals surface area (Å²) in [6.07, 6.45) is -0.507. The van der Waals surface area contributed by atoms with E-state index in [1.165, 1.54) is 48.5 Å². The van der Waals surface area contributed by atoms with E-state index in [9.17, 15) is 24.0 Å². The van der Waals surface area contributed by atoms with Crippen molar-refractivity contribution in [3.63, 3.8) is 0 Å². The first-order valence-electron chi connectivity index (χ1n) is 8.48. The standard InChI is InChI=1S/C20H14ClNO7/c21-19(27)20(22-15(23)11-12-16(22)24,28-17(25)13-7-3-1-4-8-13)29-18(26)14-9-5-2-6-10-14/h1-10H,11-12H2. The summed E-state index contributed by atoms with van der Waals surface area (Å²) < 4.78 is 10.2. The fraction of sp³-hybridized carbons (Fsp3) is 0.150. The second-order valence-corrected chi connectivity index (χ2v) is 6.33. The number of benzene rings is 2. The number of carbonyl (C=O) groups excluding carboxylic acids is 5. The molecule has 0 aromatic heterocycles. The molecule has 0 aliphatic carbocycles. The Kier molecular flexibility index (Phi) is 5.74. The molecule has 148 valence electrons. The monoisotopic (exact) mass is 415 g/mol. The predicted octanol–water partition coefficient (Wildman–Crippen LogP) is 2.27. The lowest BCUT2D eigenvalue weighted by molar-refractivity contribution is -0.232. The number of hydrogen-bond donors (Lipinski definition) is 0. The number of likely N-dealkylation sites (tertiary alicyclic amines) is 1. The quantitative estimate of drug-likeness (QED) is 0.308. The summed E-state index contributed by atoms with van der Waals surface area (Å²) in [5.41, 5.74) is -0.0192. The van der Waals surface area contributed by atoms with E-state index in [1.54, 1.807) is 12.1 Å². The van der Waals surface area contributed by atoms with E-state index in [4.69, 9.17) is 21.1 Å². The van der Waals surface area contributed by atoms with Crippen LogP contribution in [0.4, 0.5) is 0 Å². The Morgan fingerprint density at radius 3 is 1.48 bits per heavy atom. The smallest absolute Gasteiger partial charge is 0.392 e. The number of ether oxygens (including phenoxy) is 2. The summed E-state index contributed by atoms with van der Waals surface area (Å²) in [6.45, 7) is 0. The Labute approximate surface area is 170 Å². The van der Waals surface area contributed by atoms with Crippen molar-refractivity contribution in [1.82, 2.24) is 4.90 Å². The third kappa shape index (κ3) is 4.02. The Morgan fingerprint density at radius 2 is 1.14 bits per heavy atom. The van der Waals surface area contributed by atoms with Crippen LogP contribution in [0.5, 0.6) is 0 Å². The fourth-order valence-corrected chi connectivity index (χ4v) is 2.86. The zero-order valence-corrected chi connectivity index (χ0v) is 15.6. The van der Waals surface area contributed by atoms with Crippen molar-refractivity contribution in [2.45, 2.75) is 18.8 Å². The highest BCUT2D eigenvalue weighted by molar-refractivity contribution is 6.65. The molecule has 0 spiro atoms. The van der Waals surface area contributed by atoms with Crippen molar-refractivity contribution in [3.8, 4) is 0 Å². The van der Waals surface area contributed by atoms with Gasteiger partial charge in [-0.05, 0) is 35.9 Å². The van der Waals surface area contributed by atoms with Crippen LogP contribution in [0, 0.1) is 0 Å². The van der Waals surface area contributed by atoms with Crippen LogP contribution < -0.4 is 0 Å². The summed E-state index contributed by atoms with van der Waals surface area (Å²) in [6, 6.07) is 14.9. The van der Waals surface area contributed by atoms with Crippen molar-refractivity contribution in [2.75, 3.05) is 0 Å². The number of imide groups is 1. The Bertz CT molecular complexity index is 905. The number of halogens is 1. The van der Waals surface area contributed by atoms with Crippen molar-refractivity contribution in [2.24, 2.45) is 0 Å². The lowest BCUT2D eigenvalue weighted by Crippen LogP contribution is -2.61. The van der Waals surface area contributed by atoms with E-state index in [0.717, 1.165) is 0 Å². The first-order valence-corrected chi connectivity index (χ1v) is 8.85. The normalized spacial score (nSPS) is 13.9. The maximum absolute atomic E-state index is 12.6. The van der Waals surface area contributed by atoms with Gasteiger partial charge in [0, 0.05) is 12.8 Å². The molecule has 2 aromatic carbocycles. The molecular formula is C20H14ClNO7. The Hall–Kier alpha value is -3.52. The topological polar surface area (TPSA) is 107 Å². The van der Waals surface area contributed by atoms with E-state index in [2.05, 4.69) is 0 Å². The molecule has 2 aromatic rings. The van der Waals surface area contributed by atoms with Crippen molar-refractivity contribution in [1.29, 1.82) is 0 Å². The molecule has 1 aliphatic heterocycles. The average Bonchev–Trinajstić information content (AvgIpc) is 3.07. The SMILES string of the molecule is O=C(OC(OC(=O)c1ccccc1)(C(=O)Cl)N1C(=O)CCC1=O)c1ccccc1. The molecule has 0 bridgehead atoms. The van der Waals surface area contributed by atoms with Gasteiger partial charge in [-0.15, -0.1) is 0 Å². The summed E-state index contributed by atoms with van der Waals surface area (Å²) >= 11 is 5.63. The first kappa shape index (κ1) is 20.2. The van der Waals surface area contributed by atoms with E-state index in [1.807, 2.05) is 0 Å². The summed E-state index contributed by atoms with van der Waals surface area (Å²) in [4.78, 5) is 62.3. The molecule has 9 heteroatoms.